The van der Waals surface area contributed by atoms with Crippen LogP contribution >= 0.6 is 0 Å². The number of hydrogen-bond donors (Lipinski definition) is 2. The van der Waals surface area contributed by atoms with E-state index in [1.54, 1.807) is 22.9 Å². The minimum absolute atomic E-state index is 0.0137. The largest absolute Gasteiger partial charge is 0.416 e. The summed E-state index contributed by atoms with van der Waals surface area (Å²) in [5.41, 5.74) is 8.21. The topological polar surface area (TPSA) is 105 Å². The number of nitrogens with one attached hydrogen (secondary N) is 1. The second kappa shape index (κ2) is 12.0. The number of aromatic nitrogens is 4. The number of carbonyl (C=O) groups is 1. The molecule has 1 aliphatic heterocycles. The molecule has 0 bridgehead atoms. The van der Waals surface area contributed by atoms with E-state index in [0.29, 0.717) is 35.4 Å². The molecule has 1 saturated heterocycles. The highest BCUT2D eigenvalue weighted by molar-refractivity contribution is 6.04. The van der Waals surface area contributed by atoms with Crippen molar-refractivity contribution < 1.29 is 18.0 Å². The molecule has 0 unspecified atom stereocenters. The van der Waals surface area contributed by atoms with Crippen LogP contribution in [0.3, 0.4) is 0 Å². The van der Waals surface area contributed by atoms with Crippen LogP contribution in [0, 0.1) is 18.8 Å². The number of fused-ring (bicyclic) bond motifs is 1. The summed E-state index contributed by atoms with van der Waals surface area (Å²) in [4.78, 5) is 25.7. The molecule has 43 heavy (non-hydrogen) atoms. The normalized spacial score (nSPS) is 14.6. The van der Waals surface area contributed by atoms with Crippen LogP contribution < -0.4 is 11.1 Å². The monoisotopic (exact) mass is 590 g/mol. The fourth-order valence-electron chi connectivity index (χ4n) is 4.97. The Morgan fingerprint density at radius 1 is 1.07 bits per heavy atom. The van der Waals surface area contributed by atoms with Gasteiger partial charge in [-0.3, -0.25) is 9.69 Å². The third-order valence-corrected chi connectivity index (χ3v) is 7.49. The van der Waals surface area contributed by atoms with Crippen LogP contribution in [-0.2, 0) is 12.7 Å². The molecule has 0 saturated carbocycles. The summed E-state index contributed by atoms with van der Waals surface area (Å²) in [6.07, 6.45) is -3.18. The van der Waals surface area contributed by atoms with E-state index in [1.165, 1.54) is 18.5 Å². The average molecular weight is 591 g/mol. The number of rotatable bonds is 5. The molecular formula is C31H33F3N8O. The molecule has 1 aliphatic rings. The van der Waals surface area contributed by atoms with Gasteiger partial charge in [0.25, 0.3) is 5.91 Å². The summed E-state index contributed by atoms with van der Waals surface area (Å²) in [7, 11) is 2.00. The molecule has 0 atom stereocenters. The molecule has 0 radical (unpaired) electrons. The number of nitrogens with zero attached hydrogens (tertiary/aromatic N) is 6. The van der Waals surface area contributed by atoms with E-state index < -0.39 is 17.6 Å². The number of likely N-dealkylation sites (N-methyl/N-ethyl adjacent to an activating group) is 1. The lowest BCUT2D eigenvalue weighted by Crippen LogP contribution is -2.44. The van der Waals surface area contributed by atoms with E-state index in [-0.39, 0.29) is 35.2 Å². The van der Waals surface area contributed by atoms with Crippen LogP contribution in [0.5, 0.6) is 0 Å². The second-order valence-electron chi connectivity index (χ2n) is 11.0. The van der Waals surface area contributed by atoms with Crippen molar-refractivity contribution in [3.63, 3.8) is 0 Å². The number of alkyl halides is 3. The number of carbonyl (C=O) groups excluding carboxylic acids is 1. The Kier molecular flexibility index (Phi) is 8.39. The van der Waals surface area contributed by atoms with Gasteiger partial charge < -0.3 is 16.0 Å². The smallest absolute Gasteiger partial charge is 0.383 e. The van der Waals surface area contributed by atoms with Gasteiger partial charge in [0.1, 0.15) is 17.8 Å². The molecule has 0 aliphatic carbocycles. The fourth-order valence-corrected chi connectivity index (χ4v) is 4.97. The Hall–Kier alpha value is -4.47. The lowest BCUT2D eigenvalue weighted by atomic mass is 10.0. The van der Waals surface area contributed by atoms with Gasteiger partial charge in [-0.05, 0) is 69.1 Å². The number of nitrogens with two attached hydrogens (primary N) is 1. The van der Waals surface area contributed by atoms with Crippen LogP contribution in [0.1, 0.15) is 58.2 Å². The Balaban J connectivity index is 1.39. The highest BCUT2D eigenvalue weighted by atomic mass is 19.4. The summed E-state index contributed by atoms with van der Waals surface area (Å²) in [6, 6.07) is 8.92. The maximum atomic E-state index is 14.0. The van der Waals surface area contributed by atoms with Crippen molar-refractivity contribution in [3.05, 3.63) is 76.2 Å². The zero-order valence-corrected chi connectivity index (χ0v) is 24.5. The van der Waals surface area contributed by atoms with E-state index in [2.05, 4.69) is 37.1 Å². The molecule has 9 nitrogen and oxygen atoms in total. The number of hydrogen-bond acceptors (Lipinski definition) is 7. The summed E-state index contributed by atoms with van der Waals surface area (Å²) in [6.45, 7) is 8.98. The minimum Gasteiger partial charge on any atom is -0.383 e. The van der Waals surface area contributed by atoms with Gasteiger partial charge in [0.2, 0.25) is 0 Å². The van der Waals surface area contributed by atoms with Crippen molar-refractivity contribution in [2.75, 3.05) is 44.3 Å². The predicted octanol–water partition coefficient (Wildman–Crippen LogP) is 4.72. The Morgan fingerprint density at radius 2 is 1.81 bits per heavy atom. The highest BCUT2D eigenvalue weighted by Crippen LogP contribution is 2.35. The van der Waals surface area contributed by atoms with Crippen LogP contribution in [-0.4, -0.2) is 68.7 Å². The average Bonchev–Trinajstić information content (AvgIpc) is 3.34. The minimum atomic E-state index is -4.56. The Morgan fingerprint density at radius 3 is 2.51 bits per heavy atom. The first-order chi connectivity index (χ1) is 20.4. The number of piperazine rings is 1. The molecule has 2 aromatic heterocycles. The van der Waals surface area contributed by atoms with Crippen molar-refractivity contribution in [2.45, 2.75) is 39.5 Å². The molecule has 12 heteroatoms. The zero-order valence-electron chi connectivity index (χ0n) is 24.5. The number of benzene rings is 2. The maximum Gasteiger partial charge on any atom is 0.416 e. The Bertz CT molecular complexity index is 1730. The molecule has 2 aromatic carbocycles. The molecule has 1 fully saturated rings. The first kappa shape index (κ1) is 30.0. The number of anilines is 2. The van der Waals surface area contributed by atoms with Gasteiger partial charge in [-0.1, -0.05) is 18.1 Å². The van der Waals surface area contributed by atoms with Gasteiger partial charge in [0, 0.05) is 55.6 Å². The van der Waals surface area contributed by atoms with Gasteiger partial charge in [-0.15, -0.1) is 0 Å². The van der Waals surface area contributed by atoms with Crippen LogP contribution in [0.15, 0.2) is 42.7 Å². The van der Waals surface area contributed by atoms with Gasteiger partial charge in [-0.25, -0.2) is 14.6 Å². The SMILES string of the molecule is Cc1ccc(C(=O)Nc2ccc(CN3CCN(C)CC3)c(C(F)(F)F)c2)cc1C#Cc1nn(C(C)C)c2ncnc(N)c12. The second-order valence-corrected chi connectivity index (χ2v) is 11.0. The molecule has 4 aromatic rings. The lowest BCUT2D eigenvalue weighted by molar-refractivity contribution is -0.138. The summed E-state index contributed by atoms with van der Waals surface area (Å²) in [5.74, 6) is 5.82. The van der Waals surface area contributed by atoms with Crippen LogP contribution in [0.2, 0.25) is 0 Å². The van der Waals surface area contributed by atoms with Crippen molar-refractivity contribution >= 4 is 28.4 Å². The molecule has 3 N–H and O–H groups in total. The number of amides is 1. The third-order valence-electron chi connectivity index (χ3n) is 7.49. The van der Waals surface area contributed by atoms with Gasteiger partial charge in [0.15, 0.2) is 5.65 Å². The number of aryl methyl sites for hydroxylation is 1. The molecule has 5 rings (SSSR count). The fraction of sp³-hybridized carbons (Fsp3) is 0.355. The van der Waals surface area contributed by atoms with Crippen molar-refractivity contribution in [2.24, 2.45) is 0 Å². The van der Waals surface area contributed by atoms with Gasteiger partial charge in [-0.2, -0.15) is 18.3 Å². The van der Waals surface area contributed by atoms with E-state index in [4.69, 9.17) is 5.73 Å². The molecular weight excluding hydrogens is 557 g/mol. The molecule has 1 amide bonds. The van der Waals surface area contributed by atoms with Crippen molar-refractivity contribution in [3.8, 4) is 11.8 Å². The van der Waals surface area contributed by atoms with Gasteiger partial charge in [0.05, 0.1) is 10.9 Å². The first-order valence-corrected chi connectivity index (χ1v) is 13.9. The molecule has 0 spiro atoms. The maximum absolute atomic E-state index is 14.0. The lowest BCUT2D eigenvalue weighted by Gasteiger charge is -2.33. The zero-order chi connectivity index (χ0) is 30.9. The number of nitrogen functional groups attached to an aromatic ring is 1. The van der Waals surface area contributed by atoms with Crippen molar-refractivity contribution in [1.29, 1.82) is 0 Å². The predicted molar refractivity (Wildman–Crippen MR) is 159 cm³/mol. The molecule has 3 heterocycles. The summed E-state index contributed by atoms with van der Waals surface area (Å²) >= 11 is 0. The summed E-state index contributed by atoms with van der Waals surface area (Å²) < 4.78 is 43.8. The van der Waals surface area contributed by atoms with Crippen LogP contribution in [0.25, 0.3) is 11.0 Å². The quantitative estimate of drug-likeness (QED) is 0.324. The van der Waals surface area contributed by atoms with E-state index in [0.717, 1.165) is 24.7 Å². The van der Waals surface area contributed by atoms with Gasteiger partial charge >= 0.3 is 6.18 Å². The first-order valence-electron chi connectivity index (χ1n) is 13.9. The van der Waals surface area contributed by atoms with E-state index >= 15 is 0 Å². The summed E-state index contributed by atoms with van der Waals surface area (Å²) in [5, 5.41) is 7.73. The number of halogens is 3. The Labute approximate surface area is 247 Å². The molecule has 224 valence electrons. The van der Waals surface area contributed by atoms with E-state index in [1.807, 2.05) is 32.7 Å². The standard InChI is InChI=1S/C31H33F3N8O/c1-19(2)42-29-27(28(35)36-18-37-29)26(39-42)10-8-21-15-22(6-5-20(21)3)30(43)38-24-9-7-23(25(16-24)31(32,33)34)17-41-13-11-40(4)12-14-41/h5-7,9,15-16,18-19H,11-14,17H2,1-4H3,(H,38,43)(H2,35,36,37). The third kappa shape index (κ3) is 6.63. The highest BCUT2D eigenvalue weighted by Gasteiger charge is 2.34. The van der Waals surface area contributed by atoms with E-state index in [9.17, 15) is 18.0 Å². The van der Waals surface area contributed by atoms with Crippen LogP contribution in [0.4, 0.5) is 24.7 Å². The van der Waals surface area contributed by atoms with Crippen molar-refractivity contribution in [1.82, 2.24) is 29.5 Å².